The Hall–Kier alpha value is -1.96. The Morgan fingerprint density at radius 2 is 1.84 bits per heavy atom. The van der Waals surface area contributed by atoms with Gasteiger partial charge >= 0.3 is 0 Å². The lowest BCUT2D eigenvalue weighted by atomic mass is 10.0. The number of phenolic OH excluding ortho intramolecular Hbond substituents is 1. The second-order valence-electron chi connectivity index (χ2n) is 4.90. The van der Waals surface area contributed by atoms with Gasteiger partial charge in [0.05, 0.1) is 6.04 Å². The summed E-state index contributed by atoms with van der Waals surface area (Å²) >= 11 is 0. The maximum absolute atomic E-state index is 9.57. The Morgan fingerprint density at radius 1 is 1.11 bits per heavy atom. The van der Waals surface area contributed by atoms with Crippen molar-refractivity contribution in [3.8, 4) is 5.75 Å². The van der Waals surface area contributed by atoms with E-state index in [-0.39, 0.29) is 0 Å². The molecule has 0 amide bonds. The third kappa shape index (κ3) is 3.50. The summed E-state index contributed by atoms with van der Waals surface area (Å²) in [5, 5.41) is 13.1. The summed E-state index contributed by atoms with van der Waals surface area (Å²) in [6, 6.07) is 16.5. The lowest BCUT2D eigenvalue weighted by molar-refractivity contribution is 0.471. The summed E-state index contributed by atoms with van der Waals surface area (Å²) < 4.78 is 0. The van der Waals surface area contributed by atoms with Gasteiger partial charge in [-0.15, -0.1) is 0 Å². The zero-order chi connectivity index (χ0) is 13.7. The van der Waals surface area contributed by atoms with Crippen LogP contribution in [-0.2, 0) is 0 Å². The van der Waals surface area contributed by atoms with Crippen LogP contribution in [0.25, 0.3) is 0 Å². The summed E-state index contributed by atoms with van der Waals surface area (Å²) in [7, 11) is 0. The Bertz CT molecular complexity index is 522. The van der Waals surface area contributed by atoms with Gasteiger partial charge in [0.25, 0.3) is 0 Å². The van der Waals surface area contributed by atoms with Crippen LogP contribution in [0.1, 0.15) is 36.9 Å². The minimum Gasteiger partial charge on any atom is -0.508 e. The van der Waals surface area contributed by atoms with E-state index in [1.807, 2.05) is 25.1 Å². The van der Waals surface area contributed by atoms with Crippen LogP contribution in [0.4, 0.5) is 5.69 Å². The van der Waals surface area contributed by atoms with Crippen LogP contribution >= 0.6 is 0 Å². The molecule has 2 rings (SSSR count). The Morgan fingerprint density at radius 3 is 2.47 bits per heavy atom. The van der Waals surface area contributed by atoms with Gasteiger partial charge in [-0.1, -0.05) is 43.7 Å². The quantitative estimate of drug-likeness (QED) is 0.762. The Kier molecular flexibility index (Phi) is 4.45. The van der Waals surface area contributed by atoms with Crippen LogP contribution in [0.3, 0.4) is 0 Å². The molecule has 2 N–H and O–H groups in total. The van der Waals surface area contributed by atoms with Gasteiger partial charge < -0.3 is 10.4 Å². The van der Waals surface area contributed by atoms with Gasteiger partial charge in [-0.2, -0.15) is 0 Å². The zero-order valence-corrected chi connectivity index (χ0v) is 11.6. The number of hydrogen-bond acceptors (Lipinski definition) is 2. The lowest BCUT2D eigenvalue weighted by Crippen LogP contribution is -2.10. The van der Waals surface area contributed by atoms with Crippen LogP contribution in [0.2, 0.25) is 0 Å². The van der Waals surface area contributed by atoms with E-state index in [9.17, 15) is 5.11 Å². The number of benzene rings is 2. The first kappa shape index (κ1) is 13.5. The van der Waals surface area contributed by atoms with Gasteiger partial charge in [0, 0.05) is 5.69 Å². The first-order chi connectivity index (χ1) is 9.20. The fourth-order valence-corrected chi connectivity index (χ4v) is 2.24. The highest BCUT2D eigenvalue weighted by Gasteiger charge is 2.10. The molecule has 0 radical (unpaired) electrons. The molecule has 0 spiro atoms. The molecule has 1 unspecified atom stereocenters. The Balaban J connectivity index is 2.19. The molecule has 2 heteroatoms. The minimum atomic E-state index is 0.315. The molecule has 0 bridgehead atoms. The van der Waals surface area contributed by atoms with E-state index < -0.39 is 0 Å². The standard InChI is InChI=1S/C17H21NO/c1-3-7-16(14-8-5-4-6-9-14)18-15-10-11-17(19)13(2)12-15/h4-6,8-12,16,18-19H,3,7H2,1-2H3. The number of phenols is 1. The molecule has 2 aromatic rings. The highest BCUT2D eigenvalue weighted by atomic mass is 16.3. The van der Waals surface area contributed by atoms with E-state index in [0.29, 0.717) is 11.8 Å². The molecule has 0 heterocycles. The number of rotatable bonds is 5. The van der Waals surface area contributed by atoms with E-state index >= 15 is 0 Å². The number of anilines is 1. The molecule has 100 valence electrons. The average Bonchev–Trinajstić information content (AvgIpc) is 2.43. The molecule has 0 fully saturated rings. The fourth-order valence-electron chi connectivity index (χ4n) is 2.24. The van der Waals surface area contributed by atoms with E-state index in [2.05, 4.69) is 36.5 Å². The monoisotopic (exact) mass is 255 g/mol. The number of nitrogens with one attached hydrogen (secondary N) is 1. The van der Waals surface area contributed by atoms with Gasteiger partial charge in [0.1, 0.15) is 5.75 Å². The molecule has 0 aliphatic heterocycles. The molecule has 0 saturated carbocycles. The van der Waals surface area contributed by atoms with Gasteiger partial charge in [0.15, 0.2) is 0 Å². The molecule has 1 atom stereocenters. The second-order valence-corrected chi connectivity index (χ2v) is 4.90. The van der Waals surface area contributed by atoms with Crippen molar-refractivity contribution in [2.24, 2.45) is 0 Å². The maximum Gasteiger partial charge on any atom is 0.118 e. The molecular formula is C17H21NO. The van der Waals surface area contributed by atoms with Crippen LogP contribution in [0, 0.1) is 6.92 Å². The van der Waals surface area contributed by atoms with E-state index in [1.165, 1.54) is 5.56 Å². The topological polar surface area (TPSA) is 32.3 Å². The highest BCUT2D eigenvalue weighted by molar-refractivity contribution is 5.51. The maximum atomic E-state index is 9.57. The van der Waals surface area contributed by atoms with Crippen molar-refractivity contribution in [1.29, 1.82) is 0 Å². The Labute approximate surface area is 115 Å². The summed E-state index contributed by atoms with van der Waals surface area (Å²) in [6.45, 7) is 4.11. The van der Waals surface area contributed by atoms with Crippen LogP contribution < -0.4 is 5.32 Å². The van der Waals surface area contributed by atoms with Crippen molar-refractivity contribution in [2.75, 3.05) is 5.32 Å². The number of aromatic hydroxyl groups is 1. The molecule has 0 aliphatic carbocycles. The largest absolute Gasteiger partial charge is 0.508 e. The third-order valence-corrected chi connectivity index (χ3v) is 3.32. The first-order valence-electron chi connectivity index (χ1n) is 6.82. The average molecular weight is 255 g/mol. The van der Waals surface area contributed by atoms with Crippen LogP contribution in [0.15, 0.2) is 48.5 Å². The van der Waals surface area contributed by atoms with Crippen molar-refractivity contribution >= 4 is 5.69 Å². The van der Waals surface area contributed by atoms with Crippen molar-refractivity contribution in [3.63, 3.8) is 0 Å². The highest BCUT2D eigenvalue weighted by Crippen LogP contribution is 2.26. The summed E-state index contributed by atoms with van der Waals surface area (Å²) in [5.74, 6) is 0.345. The van der Waals surface area contributed by atoms with E-state index in [4.69, 9.17) is 0 Å². The van der Waals surface area contributed by atoms with Gasteiger partial charge in [0.2, 0.25) is 0 Å². The van der Waals surface area contributed by atoms with Gasteiger partial charge in [-0.05, 0) is 42.7 Å². The SMILES string of the molecule is CCCC(Nc1ccc(O)c(C)c1)c1ccccc1. The molecule has 2 aromatic carbocycles. The van der Waals surface area contributed by atoms with Crippen molar-refractivity contribution in [2.45, 2.75) is 32.7 Å². The number of hydrogen-bond donors (Lipinski definition) is 2. The van der Waals surface area contributed by atoms with E-state index in [1.54, 1.807) is 6.07 Å². The predicted molar refractivity (Wildman–Crippen MR) is 80.6 cm³/mol. The van der Waals surface area contributed by atoms with Crippen LogP contribution in [0.5, 0.6) is 5.75 Å². The first-order valence-corrected chi connectivity index (χ1v) is 6.82. The molecule has 0 saturated heterocycles. The number of aryl methyl sites for hydroxylation is 1. The third-order valence-electron chi connectivity index (χ3n) is 3.32. The minimum absolute atomic E-state index is 0.315. The van der Waals surface area contributed by atoms with E-state index in [0.717, 1.165) is 24.1 Å². The van der Waals surface area contributed by atoms with Crippen molar-refractivity contribution < 1.29 is 5.11 Å². The smallest absolute Gasteiger partial charge is 0.118 e. The van der Waals surface area contributed by atoms with Crippen molar-refractivity contribution in [1.82, 2.24) is 0 Å². The lowest BCUT2D eigenvalue weighted by Gasteiger charge is -2.20. The fraction of sp³-hybridized carbons (Fsp3) is 0.294. The predicted octanol–water partition coefficient (Wildman–Crippen LogP) is 4.65. The van der Waals surface area contributed by atoms with Crippen LogP contribution in [-0.4, -0.2) is 5.11 Å². The summed E-state index contributed by atoms with van der Waals surface area (Å²) in [4.78, 5) is 0. The normalized spacial score (nSPS) is 12.1. The summed E-state index contributed by atoms with van der Waals surface area (Å²) in [5.41, 5.74) is 3.25. The summed E-state index contributed by atoms with van der Waals surface area (Å²) in [6.07, 6.45) is 2.22. The zero-order valence-electron chi connectivity index (χ0n) is 11.6. The molecule has 0 aliphatic rings. The molecular weight excluding hydrogens is 234 g/mol. The van der Waals surface area contributed by atoms with Gasteiger partial charge in [-0.3, -0.25) is 0 Å². The molecule has 2 nitrogen and oxygen atoms in total. The van der Waals surface area contributed by atoms with Crippen molar-refractivity contribution in [3.05, 3.63) is 59.7 Å². The molecule has 19 heavy (non-hydrogen) atoms. The van der Waals surface area contributed by atoms with Gasteiger partial charge in [-0.25, -0.2) is 0 Å². The second kappa shape index (κ2) is 6.28. The molecule has 0 aromatic heterocycles.